The van der Waals surface area contributed by atoms with Gasteiger partial charge < -0.3 is 14.7 Å². The van der Waals surface area contributed by atoms with E-state index in [-0.39, 0.29) is 11.8 Å². The number of aromatic nitrogens is 3. The minimum Gasteiger partial charge on any atom is -0.339 e. The van der Waals surface area contributed by atoms with Gasteiger partial charge in [0, 0.05) is 64.1 Å². The summed E-state index contributed by atoms with van der Waals surface area (Å²) in [6.07, 6.45) is 6.46. The van der Waals surface area contributed by atoms with Gasteiger partial charge in [0.15, 0.2) is 0 Å². The zero-order valence-electron chi connectivity index (χ0n) is 15.7. The highest BCUT2D eigenvalue weighted by molar-refractivity contribution is 5.99. The lowest BCUT2D eigenvalue weighted by Gasteiger charge is -2.34. The monoisotopic (exact) mass is 368 g/mol. The second-order valence-corrected chi connectivity index (χ2v) is 6.27. The number of hydrogen-bond acceptors (Lipinski definition) is 6. The minimum atomic E-state index is -0.106. The van der Waals surface area contributed by atoms with Crippen LogP contribution in [0.2, 0.25) is 0 Å². The van der Waals surface area contributed by atoms with Crippen LogP contribution in [0.25, 0.3) is 0 Å². The van der Waals surface area contributed by atoms with E-state index in [0.717, 1.165) is 0 Å². The van der Waals surface area contributed by atoms with Crippen molar-refractivity contribution in [1.82, 2.24) is 24.8 Å². The van der Waals surface area contributed by atoms with E-state index in [1.54, 1.807) is 34.3 Å². The summed E-state index contributed by atoms with van der Waals surface area (Å²) in [6.45, 7) is 7.59. The van der Waals surface area contributed by atoms with Crippen molar-refractivity contribution in [2.45, 2.75) is 13.8 Å². The molecule has 1 aliphatic rings. The van der Waals surface area contributed by atoms with Gasteiger partial charge in [-0.05, 0) is 26.0 Å². The zero-order valence-corrected chi connectivity index (χ0v) is 15.7. The van der Waals surface area contributed by atoms with Crippen LogP contribution in [0.3, 0.4) is 0 Å². The zero-order chi connectivity index (χ0) is 19.2. The Labute approximate surface area is 158 Å². The number of pyridine rings is 1. The standard InChI is InChI=1S/C19H24N6O2/c1-3-23(4-2)17(26)15-12-16(14-20-13-15)18(27)24-8-10-25(11-9-24)19-21-6-5-7-22-19/h5-7,12-14H,3-4,8-11H2,1-2H3. The number of carbonyl (C=O) groups is 2. The third-order valence-electron chi connectivity index (χ3n) is 4.68. The Bertz CT molecular complexity index is 786. The van der Waals surface area contributed by atoms with Crippen LogP contribution in [0.5, 0.6) is 0 Å². The average Bonchev–Trinajstić information content (AvgIpc) is 2.75. The maximum absolute atomic E-state index is 12.8. The molecule has 142 valence electrons. The summed E-state index contributed by atoms with van der Waals surface area (Å²) in [4.78, 5) is 43.5. The van der Waals surface area contributed by atoms with E-state index in [0.29, 0.717) is 56.3 Å². The normalized spacial score (nSPS) is 14.1. The van der Waals surface area contributed by atoms with Crippen LogP contribution >= 0.6 is 0 Å². The molecule has 0 radical (unpaired) electrons. The summed E-state index contributed by atoms with van der Waals surface area (Å²) < 4.78 is 0. The quantitative estimate of drug-likeness (QED) is 0.792. The first-order valence-electron chi connectivity index (χ1n) is 9.19. The highest BCUT2D eigenvalue weighted by Crippen LogP contribution is 2.14. The summed E-state index contributed by atoms with van der Waals surface area (Å²) in [5.74, 6) is 0.469. The van der Waals surface area contributed by atoms with Gasteiger partial charge in [-0.3, -0.25) is 14.6 Å². The van der Waals surface area contributed by atoms with Crippen LogP contribution in [0, 0.1) is 0 Å². The first-order chi connectivity index (χ1) is 13.1. The summed E-state index contributed by atoms with van der Waals surface area (Å²) in [5, 5.41) is 0. The topological polar surface area (TPSA) is 82.5 Å². The molecule has 1 saturated heterocycles. The van der Waals surface area contributed by atoms with Gasteiger partial charge in [0.1, 0.15) is 0 Å². The van der Waals surface area contributed by atoms with Crippen molar-refractivity contribution < 1.29 is 9.59 Å². The lowest BCUT2D eigenvalue weighted by molar-refractivity contribution is 0.0745. The molecule has 2 aromatic heterocycles. The molecule has 8 nitrogen and oxygen atoms in total. The van der Waals surface area contributed by atoms with E-state index in [2.05, 4.69) is 19.9 Å². The Hall–Kier alpha value is -3.03. The van der Waals surface area contributed by atoms with Crippen molar-refractivity contribution >= 4 is 17.8 Å². The molecule has 0 N–H and O–H groups in total. The third kappa shape index (κ3) is 4.21. The summed E-state index contributed by atoms with van der Waals surface area (Å²) in [5.41, 5.74) is 0.887. The average molecular weight is 368 g/mol. The second kappa shape index (κ2) is 8.57. The van der Waals surface area contributed by atoms with Gasteiger partial charge in [0.05, 0.1) is 11.1 Å². The molecule has 0 saturated carbocycles. The molecule has 3 rings (SSSR count). The van der Waals surface area contributed by atoms with Crippen LogP contribution in [-0.2, 0) is 0 Å². The Balaban J connectivity index is 1.67. The Kier molecular flexibility index (Phi) is 5.95. The van der Waals surface area contributed by atoms with E-state index >= 15 is 0 Å². The Morgan fingerprint density at radius 2 is 1.63 bits per heavy atom. The summed E-state index contributed by atoms with van der Waals surface area (Å²) in [6, 6.07) is 3.42. The van der Waals surface area contributed by atoms with Gasteiger partial charge in [0.25, 0.3) is 11.8 Å². The first-order valence-corrected chi connectivity index (χ1v) is 9.19. The van der Waals surface area contributed by atoms with E-state index in [4.69, 9.17) is 0 Å². The van der Waals surface area contributed by atoms with Gasteiger partial charge in [-0.25, -0.2) is 9.97 Å². The minimum absolute atomic E-state index is 0.104. The number of rotatable bonds is 5. The molecule has 8 heteroatoms. The number of amides is 2. The number of anilines is 1. The molecular weight excluding hydrogens is 344 g/mol. The van der Waals surface area contributed by atoms with E-state index in [1.165, 1.54) is 12.4 Å². The summed E-state index contributed by atoms with van der Waals surface area (Å²) >= 11 is 0. The second-order valence-electron chi connectivity index (χ2n) is 6.27. The molecule has 27 heavy (non-hydrogen) atoms. The van der Waals surface area contributed by atoms with Crippen LogP contribution < -0.4 is 4.90 Å². The van der Waals surface area contributed by atoms with E-state index in [1.807, 2.05) is 13.8 Å². The molecule has 0 spiro atoms. The van der Waals surface area contributed by atoms with Crippen LogP contribution in [-0.4, -0.2) is 75.8 Å². The van der Waals surface area contributed by atoms with Gasteiger partial charge in [-0.1, -0.05) is 0 Å². The molecule has 1 aliphatic heterocycles. The lowest BCUT2D eigenvalue weighted by Crippen LogP contribution is -2.49. The lowest BCUT2D eigenvalue weighted by atomic mass is 10.1. The summed E-state index contributed by atoms with van der Waals surface area (Å²) in [7, 11) is 0. The van der Waals surface area contributed by atoms with E-state index < -0.39 is 0 Å². The van der Waals surface area contributed by atoms with Crippen molar-refractivity contribution in [3.8, 4) is 0 Å². The molecule has 2 aromatic rings. The van der Waals surface area contributed by atoms with Gasteiger partial charge in [0.2, 0.25) is 5.95 Å². The highest BCUT2D eigenvalue weighted by Gasteiger charge is 2.24. The van der Waals surface area contributed by atoms with Crippen molar-refractivity contribution in [2.24, 2.45) is 0 Å². The number of carbonyl (C=O) groups excluding carboxylic acids is 2. The SMILES string of the molecule is CCN(CC)C(=O)c1cncc(C(=O)N2CCN(c3ncccn3)CC2)c1. The van der Waals surface area contributed by atoms with Crippen molar-refractivity contribution in [2.75, 3.05) is 44.2 Å². The smallest absolute Gasteiger partial charge is 0.255 e. The van der Waals surface area contributed by atoms with E-state index in [9.17, 15) is 9.59 Å². The van der Waals surface area contributed by atoms with Gasteiger partial charge in [-0.2, -0.15) is 0 Å². The molecule has 1 fully saturated rings. The van der Waals surface area contributed by atoms with Crippen molar-refractivity contribution in [3.63, 3.8) is 0 Å². The molecule has 0 aliphatic carbocycles. The van der Waals surface area contributed by atoms with Crippen LogP contribution in [0.1, 0.15) is 34.6 Å². The number of hydrogen-bond donors (Lipinski definition) is 0. The highest BCUT2D eigenvalue weighted by atomic mass is 16.2. The molecule has 0 unspecified atom stereocenters. The predicted molar refractivity (Wildman–Crippen MR) is 102 cm³/mol. The maximum Gasteiger partial charge on any atom is 0.255 e. The van der Waals surface area contributed by atoms with Crippen molar-refractivity contribution in [3.05, 3.63) is 48.0 Å². The largest absolute Gasteiger partial charge is 0.339 e. The number of nitrogens with zero attached hydrogens (tertiary/aromatic N) is 6. The fourth-order valence-corrected chi connectivity index (χ4v) is 3.11. The fourth-order valence-electron chi connectivity index (χ4n) is 3.11. The van der Waals surface area contributed by atoms with Gasteiger partial charge in [-0.15, -0.1) is 0 Å². The first kappa shape index (κ1) is 18.8. The maximum atomic E-state index is 12.8. The Morgan fingerprint density at radius 3 is 2.26 bits per heavy atom. The molecule has 0 aromatic carbocycles. The molecule has 3 heterocycles. The van der Waals surface area contributed by atoms with Crippen LogP contribution in [0.4, 0.5) is 5.95 Å². The molecule has 0 bridgehead atoms. The number of piperazine rings is 1. The molecule has 0 atom stereocenters. The fraction of sp³-hybridized carbons (Fsp3) is 0.421. The third-order valence-corrected chi connectivity index (χ3v) is 4.68. The Morgan fingerprint density at radius 1 is 1.00 bits per heavy atom. The predicted octanol–water partition coefficient (Wildman–Crippen LogP) is 1.32. The van der Waals surface area contributed by atoms with Crippen molar-refractivity contribution in [1.29, 1.82) is 0 Å². The molecular formula is C19H24N6O2. The van der Waals surface area contributed by atoms with Crippen LogP contribution in [0.15, 0.2) is 36.9 Å². The van der Waals surface area contributed by atoms with Gasteiger partial charge >= 0.3 is 0 Å². The molecule has 2 amide bonds.